The smallest absolute Gasteiger partial charge is 0.203 e. The molecule has 0 aromatic carbocycles. The standard InChI is InChI=1S/C12H17N3O/c1-15(10-2-3-10)7-6-14-9-12-5-4-11(8-13)16-12/h4-5,10,14H,2-3,6-7,9H2,1H3. The predicted molar refractivity (Wildman–Crippen MR) is 60.8 cm³/mol. The van der Waals surface area contributed by atoms with Crippen molar-refractivity contribution in [3.8, 4) is 6.07 Å². The summed E-state index contributed by atoms with van der Waals surface area (Å²) >= 11 is 0. The highest BCUT2D eigenvalue weighted by molar-refractivity contribution is 5.18. The van der Waals surface area contributed by atoms with Crippen LogP contribution in [0.2, 0.25) is 0 Å². The zero-order valence-electron chi connectivity index (χ0n) is 9.57. The maximum Gasteiger partial charge on any atom is 0.203 e. The molecule has 1 fully saturated rings. The number of nitriles is 1. The van der Waals surface area contributed by atoms with E-state index in [1.807, 2.05) is 12.1 Å². The molecule has 0 saturated heterocycles. The fourth-order valence-corrected chi connectivity index (χ4v) is 1.70. The van der Waals surface area contributed by atoms with Crippen LogP contribution in [-0.4, -0.2) is 31.1 Å². The molecule has 0 amide bonds. The minimum atomic E-state index is 0.381. The van der Waals surface area contributed by atoms with Crippen molar-refractivity contribution in [3.05, 3.63) is 23.7 Å². The largest absolute Gasteiger partial charge is 0.449 e. The van der Waals surface area contributed by atoms with E-state index in [2.05, 4.69) is 17.3 Å². The molecule has 1 saturated carbocycles. The zero-order valence-corrected chi connectivity index (χ0v) is 9.57. The van der Waals surface area contributed by atoms with Gasteiger partial charge in [-0.1, -0.05) is 0 Å². The van der Waals surface area contributed by atoms with Crippen molar-refractivity contribution in [2.75, 3.05) is 20.1 Å². The number of hydrogen-bond acceptors (Lipinski definition) is 4. The summed E-state index contributed by atoms with van der Waals surface area (Å²) < 4.78 is 5.26. The highest BCUT2D eigenvalue weighted by atomic mass is 16.3. The summed E-state index contributed by atoms with van der Waals surface area (Å²) in [7, 11) is 2.17. The summed E-state index contributed by atoms with van der Waals surface area (Å²) in [5.41, 5.74) is 0. The van der Waals surface area contributed by atoms with Crippen molar-refractivity contribution in [3.63, 3.8) is 0 Å². The number of nitrogens with zero attached hydrogens (tertiary/aromatic N) is 2. The fraction of sp³-hybridized carbons (Fsp3) is 0.583. The lowest BCUT2D eigenvalue weighted by molar-refractivity contribution is 0.319. The average Bonchev–Trinajstić information content (AvgIpc) is 3.04. The van der Waals surface area contributed by atoms with Crippen LogP contribution >= 0.6 is 0 Å². The number of rotatable bonds is 6. The number of furan rings is 1. The van der Waals surface area contributed by atoms with Crippen LogP contribution in [0.3, 0.4) is 0 Å². The van der Waals surface area contributed by atoms with Crippen molar-refractivity contribution in [1.82, 2.24) is 10.2 Å². The second kappa shape index (κ2) is 5.15. The Morgan fingerprint density at radius 1 is 1.56 bits per heavy atom. The van der Waals surface area contributed by atoms with Crippen LogP contribution in [0.15, 0.2) is 16.5 Å². The molecule has 4 heteroatoms. The Hall–Kier alpha value is -1.31. The molecular weight excluding hydrogens is 202 g/mol. The molecule has 0 spiro atoms. The summed E-state index contributed by atoms with van der Waals surface area (Å²) in [6.07, 6.45) is 2.69. The van der Waals surface area contributed by atoms with Crippen LogP contribution < -0.4 is 5.32 Å². The third-order valence-corrected chi connectivity index (χ3v) is 2.88. The summed E-state index contributed by atoms with van der Waals surface area (Å²) in [6, 6.07) is 6.34. The quantitative estimate of drug-likeness (QED) is 0.733. The molecule has 1 N–H and O–H groups in total. The SMILES string of the molecule is CN(CCNCc1ccc(C#N)o1)C1CC1. The van der Waals surface area contributed by atoms with E-state index in [4.69, 9.17) is 9.68 Å². The van der Waals surface area contributed by atoms with Crippen LogP contribution in [0, 0.1) is 11.3 Å². The summed E-state index contributed by atoms with van der Waals surface area (Å²) in [6.45, 7) is 2.71. The maximum absolute atomic E-state index is 8.59. The van der Waals surface area contributed by atoms with Crippen LogP contribution in [-0.2, 0) is 6.54 Å². The Morgan fingerprint density at radius 3 is 3.00 bits per heavy atom. The van der Waals surface area contributed by atoms with Gasteiger partial charge in [-0.2, -0.15) is 5.26 Å². The van der Waals surface area contributed by atoms with Crippen LogP contribution in [0.4, 0.5) is 0 Å². The summed E-state index contributed by atoms with van der Waals surface area (Å²) in [5.74, 6) is 1.21. The van der Waals surface area contributed by atoms with E-state index in [-0.39, 0.29) is 0 Å². The average molecular weight is 219 g/mol. The van der Waals surface area contributed by atoms with Crippen molar-refractivity contribution in [2.24, 2.45) is 0 Å². The lowest BCUT2D eigenvalue weighted by atomic mass is 10.4. The number of nitrogens with one attached hydrogen (secondary N) is 1. The minimum Gasteiger partial charge on any atom is -0.449 e. The number of likely N-dealkylation sites (N-methyl/N-ethyl adjacent to an activating group) is 1. The van der Waals surface area contributed by atoms with E-state index in [1.165, 1.54) is 12.8 Å². The Bertz CT molecular complexity index is 376. The second-order valence-corrected chi connectivity index (χ2v) is 4.27. The minimum absolute atomic E-state index is 0.381. The van der Waals surface area contributed by atoms with Gasteiger partial charge in [0.1, 0.15) is 11.8 Å². The molecule has 0 unspecified atom stereocenters. The predicted octanol–water partition coefficient (Wildman–Crippen LogP) is 1.34. The first-order chi connectivity index (χ1) is 7.79. The van der Waals surface area contributed by atoms with Crippen LogP contribution in [0.5, 0.6) is 0 Å². The molecular formula is C12H17N3O. The summed E-state index contributed by atoms with van der Waals surface area (Å²) in [5, 5.41) is 11.9. The van der Waals surface area contributed by atoms with Gasteiger partial charge in [0, 0.05) is 19.1 Å². The third-order valence-electron chi connectivity index (χ3n) is 2.88. The van der Waals surface area contributed by atoms with Crippen LogP contribution in [0.1, 0.15) is 24.4 Å². The Kier molecular flexibility index (Phi) is 3.60. The van der Waals surface area contributed by atoms with Gasteiger partial charge in [0.15, 0.2) is 0 Å². The Morgan fingerprint density at radius 2 is 2.38 bits per heavy atom. The maximum atomic E-state index is 8.59. The van der Waals surface area contributed by atoms with Gasteiger partial charge >= 0.3 is 0 Å². The van der Waals surface area contributed by atoms with Gasteiger partial charge in [-0.15, -0.1) is 0 Å². The molecule has 16 heavy (non-hydrogen) atoms. The highest BCUT2D eigenvalue weighted by Gasteiger charge is 2.25. The molecule has 1 aliphatic rings. The van der Waals surface area contributed by atoms with Crippen molar-refractivity contribution >= 4 is 0 Å². The molecule has 0 atom stereocenters. The molecule has 0 bridgehead atoms. The molecule has 1 aliphatic carbocycles. The first-order valence-electron chi connectivity index (χ1n) is 5.69. The van der Waals surface area contributed by atoms with Gasteiger partial charge in [-0.05, 0) is 32.0 Å². The van der Waals surface area contributed by atoms with Crippen molar-refractivity contribution in [2.45, 2.75) is 25.4 Å². The van der Waals surface area contributed by atoms with Gasteiger partial charge in [0.05, 0.1) is 6.54 Å². The first kappa shape index (κ1) is 11.2. The molecule has 4 nitrogen and oxygen atoms in total. The van der Waals surface area contributed by atoms with Gasteiger partial charge in [0.2, 0.25) is 5.76 Å². The highest BCUT2D eigenvalue weighted by Crippen LogP contribution is 2.24. The van der Waals surface area contributed by atoms with E-state index in [1.54, 1.807) is 6.07 Å². The second-order valence-electron chi connectivity index (χ2n) is 4.27. The van der Waals surface area contributed by atoms with E-state index in [0.717, 1.165) is 24.9 Å². The first-order valence-corrected chi connectivity index (χ1v) is 5.69. The summed E-state index contributed by atoms with van der Waals surface area (Å²) in [4.78, 5) is 2.38. The lowest BCUT2D eigenvalue weighted by Gasteiger charge is -2.15. The van der Waals surface area contributed by atoms with Crippen molar-refractivity contribution in [1.29, 1.82) is 5.26 Å². The lowest BCUT2D eigenvalue weighted by Crippen LogP contribution is -2.30. The molecule has 1 heterocycles. The van der Waals surface area contributed by atoms with Gasteiger partial charge in [-0.3, -0.25) is 0 Å². The topological polar surface area (TPSA) is 52.2 Å². The third kappa shape index (κ3) is 3.09. The molecule has 2 rings (SSSR count). The monoisotopic (exact) mass is 219 g/mol. The van der Waals surface area contributed by atoms with E-state index in [9.17, 15) is 0 Å². The van der Waals surface area contributed by atoms with Gasteiger partial charge in [0.25, 0.3) is 0 Å². The zero-order chi connectivity index (χ0) is 11.4. The van der Waals surface area contributed by atoms with E-state index in [0.29, 0.717) is 12.3 Å². The number of hydrogen-bond donors (Lipinski definition) is 1. The normalized spacial score (nSPS) is 15.3. The molecule has 1 aromatic rings. The van der Waals surface area contributed by atoms with Crippen molar-refractivity contribution < 1.29 is 4.42 Å². The van der Waals surface area contributed by atoms with Crippen LogP contribution in [0.25, 0.3) is 0 Å². The van der Waals surface area contributed by atoms with Gasteiger partial charge in [-0.25, -0.2) is 0 Å². The Labute approximate surface area is 95.8 Å². The fourth-order valence-electron chi connectivity index (χ4n) is 1.70. The van der Waals surface area contributed by atoms with E-state index >= 15 is 0 Å². The molecule has 1 aromatic heterocycles. The molecule has 0 radical (unpaired) electrons. The molecule has 86 valence electrons. The molecule has 0 aliphatic heterocycles. The Balaban J connectivity index is 1.62. The van der Waals surface area contributed by atoms with E-state index < -0.39 is 0 Å². The van der Waals surface area contributed by atoms with Gasteiger partial charge < -0.3 is 14.6 Å².